The minimum absolute atomic E-state index is 0.0938. The summed E-state index contributed by atoms with van der Waals surface area (Å²) < 4.78 is 5.19. The fourth-order valence-corrected chi connectivity index (χ4v) is 2.82. The Kier molecular flexibility index (Phi) is 6.52. The number of rotatable bonds is 7. The summed E-state index contributed by atoms with van der Waals surface area (Å²) in [4.78, 5) is 24.9. The molecule has 29 heavy (non-hydrogen) atoms. The predicted molar refractivity (Wildman–Crippen MR) is 114 cm³/mol. The Morgan fingerprint density at radius 1 is 1.17 bits per heavy atom. The lowest BCUT2D eigenvalue weighted by atomic mass is 10.1. The summed E-state index contributed by atoms with van der Waals surface area (Å²) in [6.07, 6.45) is 3.38. The van der Waals surface area contributed by atoms with E-state index in [1.807, 2.05) is 55.5 Å². The van der Waals surface area contributed by atoms with E-state index in [1.165, 1.54) is 6.33 Å². The topological polar surface area (TPSA) is 102 Å². The van der Waals surface area contributed by atoms with Crippen LogP contribution in [-0.2, 0) is 17.8 Å². The molecule has 3 aromatic rings. The molecule has 0 aliphatic heterocycles. The first-order chi connectivity index (χ1) is 14.0. The van der Waals surface area contributed by atoms with Crippen LogP contribution in [0.4, 0.5) is 11.5 Å². The number of carbonyl (C=O) groups is 1. The largest absolute Gasteiger partial charge is 0.497 e. The van der Waals surface area contributed by atoms with Crippen LogP contribution in [0.3, 0.4) is 0 Å². The number of nitrogens with one attached hydrogen (secondary N) is 1. The van der Waals surface area contributed by atoms with Gasteiger partial charge in [-0.15, -0.1) is 0 Å². The second kappa shape index (κ2) is 9.45. The third-order valence-electron chi connectivity index (χ3n) is 4.32. The number of amides is 1. The van der Waals surface area contributed by atoms with E-state index in [-0.39, 0.29) is 12.3 Å². The number of hydrogen-bond donors (Lipinski definition) is 2. The molecule has 0 bridgehead atoms. The van der Waals surface area contributed by atoms with Gasteiger partial charge in [-0.3, -0.25) is 9.79 Å². The van der Waals surface area contributed by atoms with E-state index in [0.29, 0.717) is 12.4 Å². The minimum atomic E-state index is -0.0938. The van der Waals surface area contributed by atoms with Gasteiger partial charge < -0.3 is 15.8 Å². The molecular weight excluding hydrogens is 366 g/mol. The Bertz CT molecular complexity index is 1010. The molecule has 0 atom stereocenters. The molecule has 7 nitrogen and oxygen atoms in total. The van der Waals surface area contributed by atoms with Gasteiger partial charge in [-0.1, -0.05) is 24.3 Å². The minimum Gasteiger partial charge on any atom is -0.497 e. The predicted octanol–water partition coefficient (Wildman–Crippen LogP) is 3.18. The molecule has 3 N–H and O–H groups in total. The second-order valence-electron chi connectivity index (χ2n) is 6.50. The van der Waals surface area contributed by atoms with E-state index in [2.05, 4.69) is 20.3 Å². The van der Waals surface area contributed by atoms with Crippen molar-refractivity contribution in [2.75, 3.05) is 18.2 Å². The van der Waals surface area contributed by atoms with Gasteiger partial charge in [0.25, 0.3) is 0 Å². The van der Waals surface area contributed by atoms with Crippen molar-refractivity contribution in [2.24, 2.45) is 4.99 Å². The summed E-state index contributed by atoms with van der Waals surface area (Å²) in [5.74, 6) is 1.04. The molecule has 0 spiro atoms. The van der Waals surface area contributed by atoms with Gasteiger partial charge >= 0.3 is 0 Å². The van der Waals surface area contributed by atoms with Crippen molar-refractivity contribution in [3.63, 3.8) is 0 Å². The molecule has 0 radical (unpaired) electrons. The van der Waals surface area contributed by atoms with Crippen LogP contribution < -0.4 is 15.8 Å². The van der Waals surface area contributed by atoms with E-state index in [9.17, 15) is 4.79 Å². The van der Waals surface area contributed by atoms with Crippen molar-refractivity contribution in [1.29, 1.82) is 0 Å². The maximum Gasteiger partial charge on any atom is 0.228 e. The lowest BCUT2D eigenvalue weighted by molar-refractivity contribution is -0.115. The molecule has 0 saturated carbocycles. The zero-order chi connectivity index (χ0) is 20.6. The quantitative estimate of drug-likeness (QED) is 0.604. The number of hydrogen-bond acceptors (Lipinski definition) is 6. The molecule has 1 amide bonds. The highest BCUT2D eigenvalue weighted by molar-refractivity contribution is 5.92. The highest BCUT2D eigenvalue weighted by Gasteiger charge is 2.06. The van der Waals surface area contributed by atoms with Crippen LogP contribution in [0.1, 0.15) is 22.4 Å². The molecule has 3 rings (SSSR count). The smallest absolute Gasteiger partial charge is 0.228 e. The molecule has 2 aromatic carbocycles. The zero-order valence-corrected chi connectivity index (χ0v) is 16.4. The number of methoxy groups -OCH3 is 1. The first-order valence-corrected chi connectivity index (χ1v) is 9.14. The van der Waals surface area contributed by atoms with Crippen LogP contribution in [0.15, 0.2) is 59.9 Å². The van der Waals surface area contributed by atoms with Crippen molar-refractivity contribution in [3.8, 4) is 5.75 Å². The van der Waals surface area contributed by atoms with E-state index >= 15 is 0 Å². The maximum absolute atomic E-state index is 12.4. The first kappa shape index (κ1) is 20.0. The summed E-state index contributed by atoms with van der Waals surface area (Å²) in [5, 5.41) is 2.92. The summed E-state index contributed by atoms with van der Waals surface area (Å²) in [7, 11) is 1.60. The second-order valence-corrected chi connectivity index (χ2v) is 6.50. The number of nitrogens with zero attached hydrogens (tertiary/aromatic N) is 3. The lowest BCUT2D eigenvalue weighted by Crippen LogP contribution is -2.14. The zero-order valence-electron chi connectivity index (χ0n) is 16.4. The van der Waals surface area contributed by atoms with Crippen molar-refractivity contribution in [3.05, 3.63) is 77.2 Å². The van der Waals surface area contributed by atoms with Crippen LogP contribution in [0, 0.1) is 6.92 Å². The average Bonchev–Trinajstić information content (AvgIpc) is 2.70. The lowest BCUT2D eigenvalue weighted by Gasteiger charge is -2.08. The fraction of sp³-hybridized carbons (Fsp3) is 0.182. The van der Waals surface area contributed by atoms with Crippen molar-refractivity contribution in [1.82, 2.24) is 9.97 Å². The van der Waals surface area contributed by atoms with Gasteiger partial charge in [0.2, 0.25) is 5.91 Å². The molecule has 1 heterocycles. The Balaban J connectivity index is 1.61. The number of anilines is 2. The number of nitrogens with two attached hydrogens (primary N) is 1. The Labute approximate surface area is 169 Å². The van der Waals surface area contributed by atoms with Crippen LogP contribution in [0.25, 0.3) is 0 Å². The Hall–Kier alpha value is -3.74. The summed E-state index contributed by atoms with van der Waals surface area (Å²) in [6, 6.07) is 15.1. The number of aliphatic imine (C=N–C) groups is 1. The number of aromatic nitrogens is 2. The fourth-order valence-electron chi connectivity index (χ4n) is 2.82. The van der Waals surface area contributed by atoms with Gasteiger partial charge in [-0.25, -0.2) is 9.97 Å². The van der Waals surface area contributed by atoms with Crippen LogP contribution in [0.5, 0.6) is 5.75 Å². The van der Waals surface area contributed by atoms with Gasteiger partial charge in [0.1, 0.15) is 17.9 Å². The van der Waals surface area contributed by atoms with Gasteiger partial charge in [0, 0.05) is 11.9 Å². The van der Waals surface area contributed by atoms with Crippen molar-refractivity contribution in [2.45, 2.75) is 19.9 Å². The number of nitrogen functional groups attached to an aromatic ring is 1. The highest BCUT2D eigenvalue weighted by atomic mass is 16.5. The SMILES string of the molecule is COc1cccc(CC(=O)Nc2cccc(CN=Cc3c(C)ncnc3N)c2)c1. The molecule has 0 fully saturated rings. The summed E-state index contributed by atoms with van der Waals surface area (Å²) >= 11 is 0. The highest BCUT2D eigenvalue weighted by Crippen LogP contribution is 2.16. The Morgan fingerprint density at radius 3 is 2.76 bits per heavy atom. The molecule has 0 aliphatic rings. The molecule has 1 aromatic heterocycles. The summed E-state index contributed by atoms with van der Waals surface area (Å²) in [6.45, 7) is 2.31. The number of ether oxygens (including phenoxy) is 1. The van der Waals surface area contributed by atoms with E-state index in [0.717, 1.165) is 33.8 Å². The third-order valence-corrected chi connectivity index (χ3v) is 4.32. The molecular formula is C22H23N5O2. The normalized spacial score (nSPS) is 10.8. The molecule has 7 heteroatoms. The van der Waals surface area contributed by atoms with Crippen molar-refractivity contribution >= 4 is 23.6 Å². The molecule has 0 unspecified atom stereocenters. The molecule has 148 valence electrons. The molecule has 0 aliphatic carbocycles. The molecule has 0 saturated heterocycles. The van der Waals surface area contributed by atoms with Crippen LogP contribution in [0.2, 0.25) is 0 Å². The summed E-state index contributed by atoms with van der Waals surface area (Å²) in [5.41, 5.74) is 9.94. The van der Waals surface area contributed by atoms with E-state index in [4.69, 9.17) is 10.5 Å². The van der Waals surface area contributed by atoms with Gasteiger partial charge in [0.15, 0.2) is 0 Å². The monoisotopic (exact) mass is 389 g/mol. The number of benzene rings is 2. The van der Waals surface area contributed by atoms with Gasteiger partial charge in [-0.2, -0.15) is 0 Å². The van der Waals surface area contributed by atoms with Crippen LogP contribution >= 0.6 is 0 Å². The number of aryl methyl sites for hydroxylation is 1. The number of carbonyl (C=O) groups excluding carboxylic acids is 1. The van der Waals surface area contributed by atoms with Crippen molar-refractivity contribution < 1.29 is 9.53 Å². The van der Waals surface area contributed by atoms with Gasteiger partial charge in [-0.05, 0) is 42.3 Å². The van der Waals surface area contributed by atoms with E-state index in [1.54, 1.807) is 13.3 Å². The van der Waals surface area contributed by atoms with E-state index < -0.39 is 0 Å². The first-order valence-electron chi connectivity index (χ1n) is 9.14. The standard InChI is InChI=1S/C22H23N5O2/c1-15-20(22(23)26-14-25-15)13-24-12-17-6-3-7-18(9-17)27-21(28)11-16-5-4-8-19(10-16)29-2/h3-10,13-14H,11-12H2,1-2H3,(H,27,28)(H2,23,25,26). The average molecular weight is 389 g/mol. The Morgan fingerprint density at radius 2 is 1.97 bits per heavy atom. The third kappa shape index (κ3) is 5.62. The maximum atomic E-state index is 12.4. The van der Waals surface area contributed by atoms with Gasteiger partial charge in [0.05, 0.1) is 31.3 Å². The van der Waals surface area contributed by atoms with Crippen LogP contribution in [-0.4, -0.2) is 29.2 Å².